The van der Waals surface area contributed by atoms with Crippen molar-refractivity contribution >= 4 is 45.6 Å². The molecule has 0 fully saturated rings. The Morgan fingerprint density at radius 1 is 1.00 bits per heavy atom. The normalized spacial score (nSPS) is 11.7. The number of hydrogen-bond donors (Lipinski definition) is 3. The van der Waals surface area contributed by atoms with Crippen molar-refractivity contribution < 1.29 is 31.9 Å². The van der Waals surface area contributed by atoms with E-state index in [0.29, 0.717) is 22.4 Å². The number of amides is 2. The number of methoxy groups -OCH3 is 1. The molecule has 0 unspecified atom stereocenters. The van der Waals surface area contributed by atoms with Crippen LogP contribution < -0.4 is 10.6 Å². The van der Waals surface area contributed by atoms with Gasteiger partial charge in [0.1, 0.15) is 23.5 Å². The predicted molar refractivity (Wildman–Crippen MR) is 133 cm³/mol. The molecule has 38 heavy (non-hydrogen) atoms. The molecule has 2 heterocycles. The number of imidazole rings is 1. The number of ether oxygens (including phenoxy) is 1. The van der Waals surface area contributed by atoms with Crippen LogP contribution in [0.1, 0.15) is 37.7 Å². The van der Waals surface area contributed by atoms with E-state index in [1.165, 1.54) is 31.4 Å². The molecule has 0 saturated carbocycles. The van der Waals surface area contributed by atoms with Gasteiger partial charge in [0.15, 0.2) is 5.58 Å². The molecule has 0 aliphatic carbocycles. The van der Waals surface area contributed by atoms with E-state index in [4.69, 9.17) is 9.15 Å². The molecule has 3 aromatic carbocycles. The number of carbonyl (C=O) groups excluding carboxylic acids is 2. The number of aromatic nitrogens is 3. The van der Waals surface area contributed by atoms with Crippen LogP contribution in [0.15, 0.2) is 59.0 Å². The van der Waals surface area contributed by atoms with E-state index >= 15 is 0 Å². The highest BCUT2D eigenvalue weighted by atomic mass is 19.4. The highest BCUT2D eigenvalue weighted by molar-refractivity contribution is 6.13. The Balaban J connectivity index is 1.51. The average Bonchev–Trinajstić information content (AvgIpc) is 3.45. The summed E-state index contributed by atoms with van der Waals surface area (Å²) in [4.78, 5) is 37.8. The van der Waals surface area contributed by atoms with Crippen LogP contribution in [-0.4, -0.2) is 33.9 Å². The third kappa shape index (κ3) is 4.93. The highest BCUT2D eigenvalue weighted by Crippen LogP contribution is 2.32. The number of carbonyl (C=O) groups is 2. The lowest BCUT2D eigenvalue weighted by Crippen LogP contribution is -2.19. The second kappa shape index (κ2) is 9.63. The molecule has 5 rings (SSSR count). The van der Waals surface area contributed by atoms with Gasteiger partial charge in [-0.2, -0.15) is 18.2 Å². The molecule has 9 nitrogen and oxygen atoms in total. The molecule has 12 heteroatoms. The second-order valence-electron chi connectivity index (χ2n) is 8.48. The molecular weight excluding hydrogens is 503 g/mol. The van der Waals surface area contributed by atoms with E-state index in [1.807, 2.05) is 13.0 Å². The molecule has 2 amide bonds. The fraction of sp³-hybridized carbons (Fsp3) is 0.154. The number of aryl methyl sites for hydroxylation is 1. The summed E-state index contributed by atoms with van der Waals surface area (Å²) in [6.45, 7) is 2.01. The van der Waals surface area contributed by atoms with Crippen molar-refractivity contribution in [1.29, 1.82) is 0 Å². The maximum Gasteiger partial charge on any atom is 0.417 e. The Morgan fingerprint density at radius 3 is 2.53 bits per heavy atom. The quantitative estimate of drug-likeness (QED) is 0.263. The largest absolute Gasteiger partial charge is 0.423 e. The molecule has 194 valence electrons. The highest BCUT2D eigenvalue weighted by Gasteiger charge is 2.35. The van der Waals surface area contributed by atoms with Gasteiger partial charge < -0.3 is 19.5 Å². The van der Waals surface area contributed by atoms with Gasteiger partial charge in [-0.1, -0.05) is 18.2 Å². The van der Waals surface area contributed by atoms with E-state index in [2.05, 4.69) is 25.6 Å². The van der Waals surface area contributed by atoms with Gasteiger partial charge in [-0.05, 0) is 48.9 Å². The minimum Gasteiger partial charge on any atom is -0.423 e. The zero-order chi connectivity index (χ0) is 27.0. The SMILES string of the molecule is COCc1nc2c(C(=O)Nc3nc4cc(C)ccc4o3)cc(NC(=O)c3ccccc3C(F)(F)F)cc2[nH]1. The predicted octanol–water partition coefficient (Wildman–Crippen LogP) is 5.68. The number of fused-ring (bicyclic) bond motifs is 2. The molecule has 0 radical (unpaired) electrons. The van der Waals surface area contributed by atoms with Crippen molar-refractivity contribution in [3.8, 4) is 0 Å². The van der Waals surface area contributed by atoms with E-state index in [1.54, 1.807) is 12.1 Å². The van der Waals surface area contributed by atoms with E-state index < -0.39 is 29.1 Å². The number of rotatable bonds is 6. The number of benzene rings is 3. The van der Waals surface area contributed by atoms with Crippen LogP contribution in [0.2, 0.25) is 0 Å². The smallest absolute Gasteiger partial charge is 0.417 e. The summed E-state index contributed by atoms with van der Waals surface area (Å²) in [5.74, 6) is -1.24. The Hall–Kier alpha value is -4.71. The fourth-order valence-electron chi connectivity index (χ4n) is 4.00. The third-order valence-electron chi connectivity index (χ3n) is 5.66. The topological polar surface area (TPSA) is 122 Å². The van der Waals surface area contributed by atoms with Crippen LogP contribution >= 0.6 is 0 Å². The molecule has 5 aromatic rings. The zero-order valence-corrected chi connectivity index (χ0v) is 20.1. The molecule has 0 aliphatic heterocycles. The monoisotopic (exact) mass is 523 g/mol. The summed E-state index contributed by atoms with van der Waals surface area (Å²) in [6, 6.07) is 12.5. The van der Waals surface area contributed by atoms with E-state index in [-0.39, 0.29) is 29.4 Å². The van der Waals surface area contributed by atoms with Gasteiger partial charge in [-0.3, -0.25) is 14.9 Å². The summed E-state index contributed by atoms with van der Waals surface area (Å²) in [7, 11) is 1.47. The van der Waals surface area contributed by atoms with Crippen LogP contribution in [0.25, 0.3) is 22.1 Å². The van der Waals surface area contributed by atoms with Crippen molar-refractivity contribution in [3.05, 3.63) is 82.7 Å². The van der Waals surface area contributed by atoms with Crippen molar-refractivity contribution in [2.45, 2.75) is 19.7 Å². The van der Waals surface area contributed by atoms with Gasteiger partial charge in [0, 0.05) is 12.8 Å². The Labute approximate surface area is 213 Å². The minimum atomic E-state index is -4.72. The summed E-state index contributed by atoms with van der Waals surface area (Å²) in [5.41, 5.74) is 1.07. The number of anilines is 2. The lowest BCUT2D eigenvalue weighted by molar-refractivity contribution is -0.137. The van der Waals surface area contributed by atoms with E-state index in [0.717, 1.165) is 17.7 Å². The van der Waals surface area contributed by atoms with Crippen LogP contribution in [0.3, 0.4) is 0 Å². The molecule has 2 aromatic heterocycles. The van der Waals surface area contributed by atoms with Crippen molar-refractivity contribution in [2.24, 2.45) is 0 Å². The first-order chi connectivity index (χ1) is 18.1. The Kier molecular flexibility index (Phi) is 6.33. The average molecular weight is 523 g/mol. The standard InChI is InChI=1S/C26H20F3N5O4/c1-13-7-8-20-18(9-13)32-25(38-20)34-24(36)16-10-14(11-19-22(16)33-21(31-19)12-37-2)30-23(35)15-5-3-4-6-17(15)26(27,28)29/h3-11H,12H2,1-2H3,(H,30,35)(H,31,33)(H,32,34,36). The Morgan fingerprint density at radius 2 is 1.76 bits per heavy atom. The van der Waals surface area contributed by atoms with Gasteiger partial charge in [0.05, 0.1) is 22.2 Å². The molecule has 0 spiro atoms. The number of aromatic amines is 1. The molecule has 0 bridgehead atoms. The first kappa shape index (κ1) is 25.0. The van der Waals surface area contributed by atoms with E-state index in [9.17, 15) is 22.8 Å². The number of halogens is 3. The molecule has 3 N–H and O–H groups in total. The maximum atomic E-state index is 13.4. The zero-order valence-electron chi connectivity index (χ0n) is 20.1. The summed E-state index contributed by atoms with van der Waals surface area (Å²) in [5, 5.41) is 5.03. The first-order valence-electron chi connectivity index (χ1n) is 11.3. The van der Waals surface area contributed by atoms with Gasteiger partial charge in [-0.25, -0.2) is 4.98 Å². The van der Waals surface area contributed by atoms with Crippen LogP contribution in [0, 0.1) is 6.92 Å². The molecular formula is C26H20F3N5O4. The van der Waals surface area contributed by atoms with Gasteiger partial charge >= 0.3 is 12.2 Å². The molecule has 0 aliphatic rings. The third-order valence-corrected chi connectivity index (χ3v) is 5.66. The van der Waals surface area contributed by atoms with Gasteiger partial charge in [-0.15, -0.1) is 0 Å². The minimum absolute atomic E-state index is 0.0268. The lowest BCUT2D eigenvalue weighted by atomic mass is 10.1. The molecule has 0 saturated heterocycles. The van der Waals surface area contributed by atoms with Crippen LogP contribution in [0.5, 0.6) is 0 Å². The first-order valence-corrected chi connectivity index (χ1v) is 11.3. The lowest BCUT2D eigenvalue weighted by Gasteiger charge is -2.13. The van der Waals surface area contributed by atoms with Crippen LogP contribution in [0.4, 0.5) is 24.9 Å². The second-order valence-corrected chi connectivity index (χ2v) is 8.48. The van der Waals surface area contributed by atoms with Gasteiger partial charge in [0.25, 0.3) is 11.8 Å². The summed E-state index contributed by atoms with van der Waals surface area (Å²) >= 11 is 0. The number of hydrogen-bond acceptors (Lipinski definition) is 6. The molecule has 0 atom stereocenters. The number of alkyl halides is 3. The maximum absolute atomic E-state index is 13.4. The number of oxazole rings is 1. The number of nitrogens with one attached hydrogen (secondary N) is 3. The van der Waals surface area contributed by atoms with Crippen LogP contribution in [-0.2, 0) is 17.5 Å². The van der Waals surface area contributed by atoms with Gasteiger partial charge in [0.2, 0.25) is 0 Å². The number of nitrogens with zero attached hydrogens (tertiary/aromatic N) is 2. The summed E-state index contributed by atoms with van der Waals surface area (Å²) < 4.78 is 51.0. The number of H-pyrrole nitrogens is 1. The Bertz CT molecular complexity index is 1690. The van der Waals surface area contributed by atoms with Crippen molar-refractivity contribution in [2.75, 3.05) is 17.7 Å². The fourth-order valence-corrected chi connectivity index (χ4v) is 4.00. The van der Waals surface area contributed by atoms with Crippen molar-refractivity contribution in [1.82, 2.24) is 15.0 Å². The van der Waals surface area contributed by atoms with Crippen molar-refractivity contribution in [3.63, 3.8) is 0 Å². The summed E-state index contributed by atoms with van der Waals surface area (Å²) in [6.07, 6.45) is -4.72.